The molecule has 0 saturated carbocycles. The van der Waals surface area contributed by atoms with Gasteiger partial charge >= 0.3 is 0 Å². The van der Waals surface area contributed by atoms with Crippen molar-refractivity contribution in [2.24, 2.45) is 0 Å². The van der Waals surface area contributed by atoms with E-state index in [0.29, 0.717) is 0 Å². The minimum Gasteiger partial charge on any atom is -0.394 e. The van der Waals surface area contributed by atoms with E-state index >= 15 is 0 Å². The highest BCUT2D eigenvalue weighted by molar-refractivity contribution is 4.96. The standard InChI is InChI=1S/C6H13NO5/c8-1-2(9)3-4(10)5(11)6(12)7-3/h2-12H,1H2/t2-,3+,4+,5+,6-/m1/s1. The van der Waals surface area contributed by atoms with Gasteiger partial charge in [-0.3, -0.25) is 5.32 Å². The molecule has 6 N–H and O–H groups in total. The van der Waals surface area contributed by atoms with E-state index in [-0.39, 0.29) is 0 Å². The molecular weight excluding hydrogens is 166 g/mol. The van der Waals surface area contributed by atoms with Crippen molar-refractivity contribution in [3.05, 3.63) is 0 Å². The summed E-state index contributed by atoms with van der Waals surface area (Å²) in [5.74, 6) is 0. The van der Waals surface area contributed by atoms with Gasteiger partial charge in [0.25, 0.3) is 0 Å². The van der Waals surface area contributed by atoms with Gasteiger partial charge in [-0.1, -0.05) is 0 Å². The number of aliphatic hydroxyl groups excluding tert-OH is 5. The van der Waals surface area contributed by atoms with Crippen molar-refractivity contribution in [3.63, 3.8) is 0 Å². The second-order valence-electron chi connectivity index (χ2n) is 2.87. The third-order valence-electron chi connectivity index (χ3n) is 2.01. The fourth-order valence-corrected chi connectivity index (χ4v) is 1.25. The molecule has 6 nitrogen and oxygen atoms in total. The molecule has 0 aromatic carbocycles. The van der Waals surface area contributed by atoms with Crippen LogP contribution >= 0.6 is 0 Å². The molecule has 1 aliphatic heterocycles. The van der Waals surface area contributed by atoms with E-state index in [1.165, 1.54) is 0 Å². The molecule has 0 aromatic heterocycles. The van der Waals surface area contributed by atoms with Gasteiger partial charge in [-0.2, -0.15) is 0 Å². The Morgan fingerprint density at radius 1 is 1.17 bits per heavy atom. The molecule has 0 spiro atoms. The Labute approximate surface area is 69.1 Å². The summed E-state index contributed by atoms with van der Waals surface area (Å²) in [6, 6.07) is -0.889. The van der Waals surface area contributed by atoms with Crippen LogP contribution in [0.5, 0.6) is 0 Å². The lowest BCUT2D eigenvalue weighted by Crippen LogP contribution is -2.45. The molecule has 1 fully saturated rings. The van der Waals surface area contributed by atoms with Gasteiger partial charge in [0, 0.05) is 0 Å². The van der Waals surface area contributed by atoms with E-state index in [2.05, 4.69) is 5.32 Å². The highest BCUT2D eigenvalue weighted by Gasteiger charge is 2.43. The van der Waals surface area contributed by atoms with Crippen molar-refractivity contribution in [2.75, 3.05) is 6.61 Å². The van der Waals surface area contributed by atoms with Gasteiger partial charge in [0.1, 0.15) is 18.4 Å². The summed E-state index contributed by atoms with van der Waals surface area (Å²) in [5, 5.41) is 47.1. The van der Waals surface area contributed by atoms with E-state index in [1.807, 2.05) is 0 Å². The van der Waals surface area contributed by atoms with Crippen molar-refractivity contribution < 1.29 is 25.5 Å². The fourth-order valence-electron chi connectivity index (χ4n) is 1.25. The van der Waals surface area contributed by atoms with Crippen molar-refractivity contribution in [3.8, 4) is 0 Å². The second-order valence-corrected chi connectivity index (χ2v) is 2.87. The first-order valence-corrected chi connectivity index (χ1v) is 3.67. The summed E-state index contributed by atoms with van der Waals surface area (Å²) in [7, 11) is 0. The van der Waals surface area contributed by atoms with Crippen LogP contribution in [0.25, 0.3) is 0 Å². The van der Waals surface area contributed by atoms with Crippen molar-refractivity contribution >= 4 is 0 Å². The molecule has 1 heterocycles. The molecule has 1 aliphatic rings. The number of hydrogen-bond donors (Lipinski definition) is 6. The van der Waals surface area contributed by atoms with E-state index in [0.717, 1.165) is 0 Å². The zero-order chi connectivity index (χ0) is 9.30. The first kappa shape index (κ1) is 9.85. The maximum absolute atomic E-state index is 9.19. The van der Waals surface area contributed by atoms with Gasteiger partial charge in [0.2, 0.25) is 0 Å². The Bertz CT molecular complexity index is 155. The average Bonchev–Trinajstić information content (AvgIpc) is 2.32. The van der Waals surface area contributed by atoms with E-state index in [1.54, 1.807) is 0 Å². The van der Waals surface area contributed by atoms with Crippen molar-refractivity contribution in [1.29, 1.82) is 0 Å². The highest BCUT2D eigenvalue weighted by Crippen LogP contribution is 2.15. The molecule has 0 aromatic rings. The lowest BCUT2D eigenvalue weighted by Gasteiger charge is -2.19. The van der Waals surface area contributed by atoms with Crippen LogP contribution in [0.1, 0.15) is 0 Å². The van der Waals surface area contributed by atoms with Gasteiger partial charge in [0.05, 0.1) is 18.8 Å². The SMILES string of the molecule is OC[C@@H](O)[C@@H]1N[C@H](O)[C@@H](O)[C@H]1O. The summed E-state index contributed by atoms with van der Waals surface area (Å²) in [6.07, 6.45) is -5.03. The largest absolute Gasteiger partial charge is 0.394 e. The Morgan fingerprint density at radius 3 is 2.08 bits per heavy atom. The lowest BCUT2D eigenvalue weighted by molar-refractivity contribution is -0.0342. The summed E-state index contributed by atoms with van der Waals surface area (Å²) in [6.45, 7) is -0.534. The lowest BCUT2D eigenvalue weighted by atomic mass is 10.1. The molecule has 0 amide bonds. The van der Waals surface area contributed by atoms with Crippen LogP contribution in [-0.4, -0.2) is 62.7 Å². The Hall–Kier alpha value is -0.240. The molecule has 5 atom stereocenters. The molecular formula is C6H13NO5. The quantitative estimate of drug-likeness (QED) is 0.260. The topological polar surface area (TPSA) is 113 Å². The predicted octanol–water partition coefficient (Wildman–Crippen LogP) is -3.65. The molecule has 0 unspecified atom stereocenters. The fraction of sp³-hybridized carbons (Fsp3) is 1.00. The van der Waals surface area contributed by atoms with Gasteiger partial charge < -0.3 is 25.5 Å². The number of nitrogens with one attached hydrogen (secondary N) is 1. The van der Waals surface area contributed by atoms with E-state index in [9.17, 15) is 5.11 Å². The van der Waals surface area contributed by atoms with Crippen LogP contribution in [-0.2, 0) is 0 Å². The summed E-state index contributed by atoms with van der Waals surface area (Å²) >= 11 is 0. The van der Waals surface area contributed by atoms with E-state index < -0.39 is 37.2 Å². The molecule has 0 bridgehead atoms. The normalized spacial score (nSPS) is 44.8. The zero-order valence-corrected chi connectivity index (χ0v) is 6.33. The van der Waals surface area contributed by atoms with Crippen LogP contribution in [0.15, 0.2) is 0 Å². The van der Waals surface area contributed by atoms with Crippen LogP contribution in [0.3, 0.4) is 0 Å². The first-order chi connectivity index (χ1) is 5.57. The monoisotopic (exact) mass is 179 g/mol. The summed E-state index contributed by atoms with van der Waals surface area (Å²) < 4.78 is 0. The number of hydrogen-bond acceptors (Lipinski definition) is 6. The molecule has 72 valence electrons. The maximum atomic E-state index is 9.19. The minimum absolute atomic E-state index is 0.534. The molecule has 0 aliphatic carbocycles. The third-order valence-corrected chi connectivity index (χ3v) is 2.01. The predicted molar refractivity (Wildman–Crippen MR) is 38.0 cm³/mol. The molecule has 1 rings (SSSR count). The Kier molecular flexibility index (Phi) is 2.99. The summed E-state index contributed by atoms with van der Waals surface area (Å²) in [4.78, 5) is 0. The Morgan fingerprint density at radius 2 is 1.75 bits per heavy atom. The van der Waals surface area contributed by atoms with E-state index in [4.69, 9.17) is 20.4 Å². The number of rotatable bonds is 2. The van der Waals surface area contributed by atoms with Crippen molar-refractivity contribution in [1.82, 2.24) is 5.32 Å². The average molecular weight is 179 g/mol. The highest BCUT2D eigenvalue weighted by atomic mass is 16.4. The van der Waals surface area contributed by atoms with Crippen LogP contribution < -0.4 is 5.32 Å². The summed E-state index contributed by atoms with van der Waals surface area (Å²) in [5.41, 5.74) is 0. The first-order valence-electron chi connectivity index (χ1n) is 3.67. The van der Waals surface area contributed by atoms with Crippen molar-refractivity contribution in [2.45, 2.75) is 30.6 Å². The maximum Gasteiger partial charge on any atom is 0.134 e. The third kappa shape index (κ3) is 1.58. The Balaban J connectivity index is 2.58. The van der Waals surface area contributed by atoms with Crippen LogP contribution in [0.4, 0.5) is 0 Å². The minimum atomic E-state index is -1.32. The van der Waals surface area contributed by atoms with Crippen LogP contribution in [0, 0.1) is 0 Å². The molecule has 1 saturated heterocycles. The zero-order valence-electron chi connectivity index (χ0n) is 6.33. The second kappa shape index (κ2) is 3.65. The van der Waals surface area contributed by atoms with Gasteiger partial charge in [0.15, 0.2) is 0 Å². The molecule has 0 radical (unpaired) electrons. The molecule has 12 heavy (non-hydrogen) atoms. The van der Waals surface area contributed by atoms with Crippen LogP contribution in [0.2, 0.25) is 0 Å². The molecule has 6 heteroatoms. The van der Waals surface area contributed by atoms with Gasteiger partial charge in [-0.05, 0) is 0 Å². The van der Waals surface area contributed by atoms with Gasteiger partial charge in [-0.25, -0.2) is 0 Å². The van der Waals surface area contributed by atoms with Gasteiger partial charge in [-0.15, -0.1) is 0 Å². The number of aliphatic hydroxyl groups is 5. The smallest absolute Gasteiger partial charge is 0.134 e.